The lowest BCUT2D eigenvalue weighted by molar-refractivity contribution is 0.230. The summed E-state index contributed by atoms with van der Waals surface area (Å²) in [6.45, 7) is 7.69. The Balaban J connectivity index is 0.00000162. The molecule has 5 heteroatoms. The molecule has 0 saturated carbocycles. The highest BCUT2D eigenvalue weighted by Gasteiger charge is 2.15. The summed E-state index contributed by atoms with van der Waals surface area (Å²) in [5.41, 5.74) is 1.32. The first-order valence-corrected chi connectivity index (χ1v) is 6.69. The second-order valence-corrected chi connectivity index (χ2v) is 5.03. The molecule has 2 heterocycles. The van der Waals surface area contributed by atoms with Gasteiger partial charge in [0.1, 0.15) is 0 Å². The molecule has 104 valence electrons. The summed E-state index contributed by atoms with van der Waals surface area (Å²) in [7, 11) is 2.22. The molecule has 0 bridgehead atoms. The minimum absolute atomic E-state index is 0. The number of rotatable bonds is 5. The average Bonchev–Trinajstić information content (AvgIpc) is 2.77. The van der Waals surface area contributed by atoms with E-state index in [0.717, 1.165) is 19.0 Å². The highest BCUT2D eigenvalue weighted by atomic mass is 35.5. The molecule has 1 saturated heterocycles. The van der Waals surface area contributed by atoms with Gasteiger partial charge in [-0.15, -0.1) is 12.4 Å². The zero-order chi connectivity index (χ0) is 12.1. The van der Waals surface area contributed by atoms with Crippen LogP contribution in [0, 0.1) is 5.92 Å². The maximum absolute atomic E-state index is 4.31. The van der Waals surface area contributed by atoms with Crippen molar-refractivity contribution in [2.24, 2.45) is 5.92 Å². The van der Waals surface area contributed by atoms with Crippen LogP contribution in [-0.2, 0) is 13.1 Å². The number of nitrogens with one attached hydrogen (secondary N) is 1. The van der Waals surface area contributed by atoms with Crippen molar-refractivity contribution in [3.05, 3.63) is 18.0 Å². The van der Waals surface area contributed by atoms with E-state index in [1.54, 1.807) is 0 Å². The molecule has 0 aromatic carbocycles. The summed E-state index contributed by atoms with van der Waals surface area (Å²) in [5.74, 6) is 0.860. The number of nitrogens with zero attached hydrogens (tertiary/aromatic N) is 3. The van der Waals surface area contributed by atoms with E-state index in [-0.39, 0.29) is 12.4 Å². The van der Waals surface area contributed by atoms with Gasteiger partial charge in [0.05, 0.1) is 5.69 Å². The molecular formula is C13H25ClN4. The Morgan fingerprint density at radius 3 is 2.83 bits per heavy atom. The van der Waals surface area contributed by atoms with Crippen LogP contribution in [0.15, 0.2) is 12.3 Å². The van der Waals surface area contributed by atoms with Gasteiger partial charge in [0.15, 0.2) is 0 Å². The molecule has 0 radical (unpaired) electrons. The van der Waals surface area contributed by atoms with Crippen LogP contribution in [0.4, 0.5) is 0 Å². The van der Waals surface area contributed by atoms with Crippen LogP contribution in [0.5, 0.6) is 0 Å². The molecule has 2 rings (SSSR count). The maximum Gasteiger partial charge on any atom is 0.0524 e. The van der Waals surface area contributed by atoms with E-state index in [2.05, 4.69) is 40.0 Å². The lowest BCUT2D eigenvalue weighted by atomic mass is 9.98. The van der Waals surface area contributed by atoms with E-state index in [4.69, 9.17) is 0 Å². The Hall–Kier alpha value is -0.580. The third kappa shape index (κ3) is 4.26. The van der Waals surface area contributed by atoms with Gasteiger partial charge in [-0.3, -0.25) is 4.68 Å². The first-order valence-electron chi connectivity index (χ1n) is 6.69. The first-order chi connectivity index (χ1) is 8.29. The summed E-state index contributed by atoms with van der Waals surface area (Å²) >= 11 is 0. The Kier molecular flexibility index (Phi) is 6.68. The molecule has 4 nitrogen and oxygen atoms in total. The fraction of sp³-hybridized carbons (Fsp3) is 0.769. The second-order valence-electron chi connectivity index (χ2n) is 5.03. The van der Waals surface area contributed by atoms with Crippen molar-refractivity contribution < 1.29 is 0 Å². The highest BCUT2D eigenvalue weighted by Crippen LogP contribution is 2.14. The predicted octanol–water partition coefficient (Wildman–Crippen LogP) is 1.76. The molecular weight excluding hydrogens is 248 g/mol. The molecule has 1 N–H and O–H groups in total. The second kappa shape index (κ2) is 7.77. The van der Waals surface area contributed by atoms with Crippen molar-refractivity contribution in [2.75, 3.05) is 26.7 Å². The number of aryl methyl sites for hydroxylation is 1. The van der Waals surface area contributed by atoms with Gasteiger partial charge < -0.3 is 10.2 Å². The van der Waals surface area contributed by atoms with E-state index in [9.17, 15) is 0 Å². The topological polar surface area (TPSA) is 33.1 Å². The Morgan fingerprint density at radius 2 is 2.17 bits per heavy atom. The summed E-state index contributed by atoms with van der Waals surface area (Å²) < 4.78 is 2.08. The summed E-state index contributed by atoms with van der Waals surface area (Å²) in [6.07, 6.45) is 4.53. The zero-order valence-electron chi connectivity index (χ0n) is 11.4. The van der Waals surface area contributed by atoms with E-state index >= 15 is 0 Å². The van der Waals surface area contributed by atoms with Gasteiger partial charge in [0.25, 0.3) is 0 Å². The Bertz CT molecular complexity index is 333. The number of aromatic nitrogens is 2. The normalized spacial score (nSPS) is 16.8. The number of piperidine rings is 1. The van der Waals surface area contributed by atoms with Gasteiger partial charge in [-0.2, -0.15) is 5.10 Å². The highest BCUT2D eigenvalue weighted by molar-refractivity contribution is 5.85. The minimum atomic E-state index is 0. The van der Waals surface area contributed by atoms with Crippen molar-refractivity contribution in [2.45, 2.75) is 32.9 Å². The van der Waals surface area contributed by atoms with Gasteiger partial charge in [-0.05, 0) is 51.9 Å². The third-order valence-corrected chi connectivity index (χ3v) is 3.56. The van der Waals surface area contributed by atoms with E-state index in [1.807, 2.05) is 6.20 Å². The van der Waals surface area contributed by atoms with Crippen LogP contribution in [-0.4, -0.2) is 41.4 Å². The largest absolute Gasteiger partial charge is 0.317 e. The molecule has 1 aromatic heterocycles. The van der Waals surface area contributed by atoms with Crippen molar-refractivity contribution >= 4 is 12.4 Å². The third-order valence-electron chi connectivity index (χ3n) is 3.56. The SMILES string of the molecule is CCn1nccc1CN(C)CC1CCNCC1.Cl. The van der Waals surface area contributed by atoms with Crippen molar-refractivity contribution in [3.8, 4) is 0 Å². The van der Waals surface area contributed by atoms with Crippen molar-refractivity contribution in [3.63, 3.8) is 0 Å². The fourth-order valence-corrected chi connectivity index (χ4v) is 2.63. The van der Waals surface area contributed by atoms with Crippen LogP contribution in [0.1, 0.15) is 25.5 Å². The zero-order valence-corrected chi connectivity index (χ0v) is 12.2. The van der Waals surface area contributed by atoms with Crippen molar-refractivity contribution in [1.29, 1.82) is 0 Å². The maximum atomic E-state index is 4.31. The van der Waals surface area contributed by atoms with Gasteiger partial charge in [0, 0.05) is 25.8 Å². The standard InChI is InChI=1S/C13H24N4.ClH/c1-3-17-13(6-9-15-17)11-16(2)10-12-4-7-14-8-5-12;/h6,9,12,14H,3-5,7-8,10-11H2,1-2H3;1H. The molecule has 0 unspecified atom stereocenters. The van der Waals surface area contributed by atoms with Crippen LogP contribution < -0.4 is 5.32 Å². The van der Waals surface area contributed by atoms with E-state index in [0.29, 0.717) is 0 Å². The minimum Gasteiger partial charge on any atom is -0.317 e. The van der Waals surface area contributed by atoms with Crippen LogP contribution in [0.3, 0.4) is 0 Å². The predicted molar refractivity (Wildman–Crippen MR) is 77.1 cm³/mol. The van der Waals surface area contributed by atoms with Gasteiger partial charge in [-0.1, -0.05) is 0 Å². The number of halogens is 1. The lowest BCUT2D eigenvalue weighted by Crippen LogP contribution is -2.34. The quantitative estimate of drug-likeness (QED) is 0.887. The summed E-state index contributed by atoms with van der Waals surface area (Å²) in [4.78, 5) is 2.43. The molecule has 0 atom stereocenters. The first kappa shape index (κ1) is 15.5. The van der Waals surface area contributed by atoms with Crippen LogP contribution >= 0.6 is 12.4 Å². The van der Waals surface area contributed by atoms with E-state index < -0.39 is 0 Å². The lowest BCUT2D eigenvalue weighted by Gasteiger charge is -2.27. The molecule has 0 aliphatic carbocycles. The molecule has 1 aliphatic rings. The fourth-order valence-electron chi connectivity index (χ4n) is 2.63. The summed E-state index contributed by atoms with van der Waals surface area (Å²) in [5, 5.41) is 7.73. The van der Waals surface area contributed by atoms with Crippen molar-refractivity contribution in [1.82, 2.24) is 20.0 Å². The smallest absolute Gasteiger partial charge is 0.0524 e. The summed E-state index contributed by atoms with van der Waals surface area (Å²) in [6, 6.07) is 2.13. The van der Waals surface area contributed by atoms with Crippen LogP contribution in [0.2, 0.25) is 0 Å². The van der Waals surface area contributed by atoms with Gasteiger partial charge in [-0.25, -0.2) is 0 Å². The Morgan fingerprint density at radius 1 is 1.44 bits per heavy atom. The van der Waals surface area contributed by atoms with Gasteiger partial charge in [0.2, 0.25) is 0 Å². The van der Waals surface area contributed by atoms with E-state index in [1.165, 1.54) is 38.2 Å². The molecule has 0 amide bonds. The number of hydrogen-bond acceptors (Lipinski definition) is 3. The Labute approximate surface area is 116 Å². The molecule has 0 spiro atoms. The average molecular weight is 273 g/mol. The molecule has 1 fully saturated rings. The monoisotopic (exact) mass is 272 g/mol. The van der Waals surface area contributed by atoms with Gasteiger partial charge >= 0.3 is 0 Å². The van der Waals surface area contributed by atoms with Crippen LogP contribution in [0.25, 0.3) is 0 Å². The molecule has 1 aliphatic heterocycles. The molecule has 1 aromatic rings. The number of hydrogen-bond donors (Lipinski definition) is 1. The molecule has 18 heavy (non-hydrogen) atoms.